The lowest BCUT2D eigenvalue weighted by atomic mass is 9.96. The van der Waals surface area contributed by atoms with Crippen LogP contribution in [0.5, 0.6) is 5.75 Å². The van der Waals surface area contributed by atoms with Gasteiger partial charge in [-0.2, -0.15) is 0 Å². The fourth-order valence-electron chi connectivity index (χ4n) is 2.58. The molecule has 0 radical (unpaired) electrons. The van der Waals surface area contributed by atoms with E-state index in [9.17, 15) is 19.5 Å². The first kappa shape index (κ1) is 20.5. The summed E-state index contributed by atoms with van der Waals surface area (Å²) in [6, 6.07) is 6.46. The molecule has 0 aliphatic carbocycles. The molecule has 1 rings (SSSR count). The Hall–Kier alpha value is -2.57. The Morgan fingerprint density at radius 3 is 2.44 bits per heavy atom. The number of hydrogen-bond acceptors (Lipinski definition) is 4. The SMILES string of the molecule is COc1ccccc1C(C)CC(=O)N(CCNC(C)=O)C(C)C(=O)O. The van der Waals surface area contributed by atoms with Crippen molar-refractivity contribution in [3.8, 4) is 5.75 Å². The van der Waals surface area contributed by atoms with Gasteiger partial charge in [0, 0.05) is 26.4 Å². The van der Waals surface area contributed by atoms with Gasteiger partial charge in [-0.05, 0) is 24.5 Å². The van der Waals surface area contributed by atoms with Crippen molar-refractivity contribution in [3.05, 3.63) is 29.8 Å². The minimum absolute atomic E-state index is 0.132. The monoisotopic (exact) mass is 350 g/mol. The number of nitrogens with zero attached hydrogens (tertiary/aromatic N) is 1. The Labute approximate surface area is 148 Å². The van der Waals surface area contributed by atoms with Crippen molar-refractivity contribution in [1.82, 2.24) is 10.2 Å². The van der Waals surface area contributed by atoms with Crippen LogP contribution in [0.3, 0.4) is 0 Å². The molecule has 0 heterocycles. The van der Waals surface area contributed by atoms with E-state index in [0.717, 1.165) is 5.56 Å². The van der Waals surface area contributed by atoms with Crippen molar-refractivity contribution >= 4 is 17.8 Å². The summed E-state index contributed by atoms with van der Waals surface area (Å²) in [5.74, 6) is -1.02. The van der Waals surface area contributed by atoms with Gasteiger partial charge in [-0.1, -0.05) is 25.1 Å². The number of para-hydroxylation sites is 1. The van der Waals surface area contributed by atoms with Crippen LogP contribution in [0.2, 0.25) is 0 Å². The number of amides is 2. The molecule has 1 aromatic rings. The number of nitrogens with one attached hydrogen (secondary N) is 1. The number of benzene rings is 1. The number of carbonyl (C=O) groups is 3. The van der Waals surface area contributed by atoms with Crippen LogP contribution >= 0.6 is 0 Å². The normalized spacial score (nSPS) is 12.8. The number of carboxylic acids is 1. The molecule has 0 saturated carbocycles. The van der Waals surface area contributed by atoms with E-state index < -0.39 is 12.0 Å². The lowest BCUT2D eigenvalue weighted by Gasteiger charge is -2.28. The molecular weight excluding hydrogens is 324 g/mol. The van der Waals surface area contributed by atoms with Crippen molar-refractivity contribution in [2.24, 2.45) is 0 Å². The summed E-state index contributed by atoms with van der Waals surface area (Å²) in [4.78, 5) is 36.2. The molecule has 7 nitrogen and oxygen atoms in total. The molecule has 1 aromatic carbocycles. The highest BCUT2D eigenvalue weighted by Crippen LogP contribution is 2.29. The third-order valence-corrected chi connectivity index (χ3v) is 4.02. The largest absolute Gasteiger partial charge is 0.496 e. The van der Waals surface area contributed by atoms with E-state index in [1.54, 1.807) is 7.11 Å². The van der Waals surface area contributed by atoms with Gasteiger partial charge in [0.25, 0.3) is 0 Å². The van der Waals surface area contributed by atoms with Crippen LogP contribution in [0.4, 0.5) is 0 Å². The molecule has 0 spiro atoms. The van der Waals surface area contributed by atoms with Crippen molar-refractivity contribution in [2.45, 2.75) is 39.2 Å². The van der Waals surface area contributed by atoms with Crippen LogP contribution < -0.4 is 10.1 Å². The van der Waals surface area contributed by atoms with E-state index in [1.807, 2.05) is 31.2 Å². The predicted octanol–water partition coefficient (Wildman–Crippen LogP) is 1.63. The molecular formula is C18H26N2O5. The van der Waals surface area contributed by atoms with Gasteiger partial charge in [0.2, 0.25) is 11.8 Å². The molecule has 0 aliphatic heterocycles. The highest BCUT2D eigenvalue weighted by atomic mass is 16.5. The third-order valence-electron chi connectivity index (χ3n) is 4.02. The third kappa shape index (κ3) is 6.10. The van der Waals surface area contributed by atoms with E-state index in [2.05, 4.69) is 5.32 Å². The van der Waals surface area contributed by atoms with Gasteiger partial charge in [-0.15, -0.1) is 0 Å². The second-order valence-corrected chi connectivity index (χ2v) is 5.93. The Kier molecular flexibility index (Phi) is 7.91. The quantitative estimate of drug-likeness (QED) is 0.706. The number of hydrogen-bond donors (Lipinski definition) is 2. The first-order valence-electron chi connectivity index (χ1n) is 8.17. The molecule has 0 aromatic heterocycles. The number of carbonyl (C=O) groups excluding carboxylic acids is 2. The zero-order chi connectivity index (χ0) is 19.0. The van der Waals surface area contributed by atoms with Gasteiger partial charge in [0.1, 0.15) is 11.8 Å². The number of rotatable bonds is 9. The summed E-state index contributed by atoms with van der Waals surface area (Å²) in [5, 5.41) is 11.8. The summed E-state index contributed by atoms with van der Waals surface area (Å²) in [7, 11) is 1.57. The smallest absolute Gasteiger partial charge is 0.326 e. The van der Waals surface area contributed by atoms with E-state index >= 15 is 0 Å². The first-order chi connectivity index (χ1) is 11.8. The fourth-order valence-corrected chi connectivity index (χ4v) is 2.58. The van der Waals surface area contributed by atoms with Crippen LogP contribution in [0.1, 0.15) is 38.7 Å². The zero-order valence-corrected chi connectivity index (χ0v) is 15.1. The van der Waals surface area contributed by atoms with Gasteiger partial charge in [0.05, 0.1) is 7.11 Å². The Morgan fingerprint density at radius 2 is 1.88 bits per heavy atom. The predicted molar refractivity (Wildman–Crippen MR) is 93.5 cm³/mol. The molecule has 0 saturated heterocycles. The van der Waals surface area contributed by atoms with Gasteiger partial charge < -0.3 is 20.1 Å². The molecule has 2 atom stereocenters. The second-order valence-electron chi connectivity index (χ2n) is 5.93. The van der Waals surface area contributed by atoms with Crippen LogP contribution in [0.15, 0.2) is 24.3 Å². The highest BCUT2D eigenvalue weighted by molar-refractivity contribution is 5.84. The number of carboxylic acid groups (broad SMARTS) is 1. The summed E-state index contributed by atoms with van der Waals surface area (Å²) in [5.41, 5.74) is 0.892. The van der Waals surface area contributed by atoms with Crippen LogP contribution in [-0.2, 0) is 14.4 Å². The molecule has 2 amide bonds. The standard InChI is InChI=1S/C18H26N2O5/c1-12(15-7-5-6-8-16(15)25-4)11-17(22)20(13(2)18(23)24)10-9-19-14(3)21/h5-8,12-13H,9-11H2,1-4H3,(H,19,21)(H,23,24). The molecule has 25 heavy (non-hydrogen) atoms. The lowest BCUT2D eigenvalue weighted by molar-refractivity contribution is -0.149. The van der Waals surface area contributed by atoms with E-state index in [1.165, 1.54) is 18.7 Å². The average Bonchev–Trinajstić information content (AvgIpc) is 2.57. The average molecular weight is 350 g/mol. The topological polar surface area (TPSA) is 95.9 Å². The highest BCUT2D eigenvalue weighted by Gasteiger charge is 2.27. The van der Waals surface area contributed by atoms with Crippen molar-refractivity contribution in [2.75, 3.05) is 20.2 Å². The second kappa shape index (κ2) is 9.66. The first-order valence-corrected chi connectivity index (χ1v) is 8.17. The lowest BCUT2D eigenvalue weighted by Crippen LogP contribution is -2.47. The summed E-state index contributed by atoms with van der Waals surface area (Å²) in [6.07, 6.45) is 0.151. The van der Waals surface area contributed by atoms with Crippen LogP contribution in [0, 0.1) is 0 Å². The van der Waals surface area contributed by atoms with Crippen LogP contribution in [0.25, 0.3) is 0 Å². The zero-order valence-electron chi connectivity index (χ0n) is 15.1. The van der Waals surface area contributed by atoms with Gasteiger partial charge in [0.15, 0.2) is 0 Å². The molecule has 0 aliphatic rings. The minimum Gasteiger partial charge on any atom is -0.496 e. The maximum Gasteiger partial charge on any atom is 0.326 e. The fraction of sp³-hybridized carbons (Fsp3) is 0.500. The van der Waals surface area contributed by atoms with Crippen molar-refractivity contribution < 1.29 is 24.2 Å². The Bertz CT molecular complexity index is 617. The molecule has 0 bridgehead atoms. The van der Waals surface area contributed by atoms with Crippen molar-refractivity contribution in [3.63, 3.8) is 0 Å². The summed E-state index contributed by atoms with van der Waals surface area (Å²) >= 11 is 0. The maximum absolute atomic E-state index is 12.7. The van der Waals surface area contributed by atoms with E-state index in [4.69, 9.17) is 4.74 Å². The van der Waals surface area contributed by atoms with Crippen LogP contribution in [-0.4, -0.2) is 54.0 Å². The molecule has 2 N–H and O–H groups in total. The van der Waals surface area contributed by atoms with Gasteiger partial charge in [-0.25, -0.2) is 4.79 Å². The van der Waals surface area contributed by atoms with Gasteiger partial charge >= 0.3 is 5.97 Å². The summed E-state index contributed by atoms with van der Waals surface area (Å²) in [6.45, 7) is 5.08. The number of ether oxygens (including phenoxy) is 1. The molecule has 2 unspecified atom stereocenters. The molecule has 0 fully saturated rings. The molecule has 138 valence electrons. The van der Waals surface area contributed by atoms with Crippen molar-refractivity contribution in [1.29, 1.82) is 0 Å². The Morgan fingerprint density at radius 1 is 1.24 bits per heavy atom. The van der Waals surface area contributed by atoms with E-state index in [0.29, 0.717) is 5.75 Å². The van der Waals surface area contributed by atoms with Gasteiger partial charge in [-0.3, -0.25) is 9.59 Å². The minimum atomic E-state index is -1.08. The number of methoxy groups -OCH3 is 1. The summed E-state index contributed by atoms with van der Waals surface area (Å²) < 4.78 is 5.32. The Balaban J connectivity index is 2.85. The maximum atomic E-state index is 12.7. The van der Waals surface area contributed by atoms with E-state index in [-0.39, 0.29) is 37.2 Å². The molecule has 7 heteroatoms. The number of aliphatic carboxylic acids is 1.